The molecule has 2 bridgehead atoms. The summed E-state index contributed by atoms with van der Waals surface area (Å²) in [5.41, 5.74) is 2.81. The van der Waals surface area contributed by atoms with E-state index >= 15 is 0 Å². The van der Waals surface area contributed by atoms with Crippen molar-refractivity contribution in [1.82, 2.24) is 15.1 Å². The predicted octanol–water partition coefficient (Wildman–Crippen LogP) is 3.53. The van der Waals surface area contributed by atoms with Crippen molar-refractivity contribution in [2.45, 2.75) is 76.3 Å². The number of hydrogen-bond donors (Lipinski definition) is 1. The van der Waals surface area contributed by atoms with Gasteiger partial charge in [-0.15, -0.1) is 0 Å². The molecule has 2 amide bonds. The van der Waals surface area contributed by atoms with Crippen LogP contribution in [0.15, 0.2) is 12.1 Å². The first-order chi connectivity index (χ1) is 17.9. The van der Waals surface area contributed by atoms with Crippen LogP contribution in [0.1, 0.15) is 79.8 Å². The van der Waals surface area contributed by atoms with E-state index in [0.29, 0.717) is 25.1 Å². The number of ether oxygens (including phenoxy) is 1. The number of fused-ring (bicyclic) bond motifs is 6. The van der Waals surface area contributed by atoms with Gasteiger partial charge in [0.1, 0.15) is 18.1 Å². The minimum absolute atomic E-state index is 0.0229. The highest BCUT2D eigenvalue weighted by atomic mass is 16.5. The lowest BCUT2D eigenvalue weighted by Crippen LogP contribution is -2.46. The van der Waals surface area contributed by atoms with Crippen molar-refractivity contribution in [2.75, 3.05) is 33.3 Å². The maximum Gasteiger partial charge on any atom is 0.255 e. The Morgan fingerprint density at radius 1 is 1.22 bits per heavy atom. The number of likely N-dealkylation sites (N-methyl/N-ethyl adjacent to an activating group) is 1. The Morgan fingerprint density at radius 2 is 2.03 bits per heavy atom. The zero-order valence-electron chi connectivity index (χ0n) is 22.3. The monoisotopic (exact) mass is 507 g/mol. The Bertz CT molecular complexity index is 1080. The van der Waals surface area contributed by atoms with Crippen LogP contribution >= 0.6 is 0 Å². The average Bonchev–Trinajstić information content (AvgIpc) is 3.52. The second-order valence-corrected chi connectivity index (χ2v) is 12.6. The average molecular weight is 508 g/mol. The van der Waals surface area contributed by atoms with Crippen molar-refractivity contribution in [1.29, 1.82) is 0 Å². The Labute approximate surface area is 220 Å². The molecule has 6 rings (SSSR count). The number of aldehydes is 1. The topological polar surface area (TPSA) is 79.0 Å². The summed E-state index contributed by atoms with van der Waals surface area (Å²) in [5.74, 6) is 4.18. The van der Waals surface area contributed by atoms with Crippen molar-refractivity contribution in [2.24, 2.45) is 23.7 Å². The van der Waals surface area contributed by atoms with Crippen LogP contribution in [0.3, 0.4) is 0 Å². The van der Waals surface area contributed by atoms with E-state index in [1.165, 1.54) is 37.8 Å². The van der Waals surface area contributed by atoms with Crippen molar-refractivity contribution in [3.8, 4) is 5.75 Å². The molecule has 1 aromatic carbocycles. The molecule has 3 aliphatic heterocycles. The van der Waals surface area contributed by atoms with Crippen molar-refractivity contribution < 1.29 is 19.1 Å². The van der Waals surface area contributed by atoms with Gasteiger partial charge in [0, 0.05) is 42.1 Å². The summed E-state index contributed by atoms with van der Waals surface area (Å²) in [6.07, 6.45) is 9.32. The number of piperidine rings is 1. The number of nitrogens with one attached hydrogen (secondary N) is 1. The van der Waals surface area contributed by atoms with E-state index in [1.54, 1.807) is 11.9 Å². The number of carbonyl (C=O) groups is 3. The van der Waals surface area contributed by atoms with Gasteiger partial charge in [0.05, 0.1) is 13.2 Å². The summed E-state index contributed by atoms with van der Waals surface area (Å²) in [4.78, 5) is 41.1. The number of likely N-dealkylation sites (tertiary alicyclic amines) is 1. The van der Waals surface area contributed by atoms with Gasteiger partial charge in [0.15, 0.2) is 0 Å². The summed E-state index contributed by atoms with van der Waals surface area (Å²) in [5, 5.41) is 2.66. The number of benzene rings is 1. The normalized spacial score (nSPS) is 30.6. The van der Waals surface area contributed by atoms with Gasteiger partial charge in [-0.1, -0.05) is 13.0 Å². The predicted molar refractivity (Wildman–Crippen MR) is 140 cm³/mol. The maximum absolute atomic E-state index is 13.3. The van der Waals surface area contributed by atoms with Crippen LogP contribution in [0.5, 0.6) is 5.75 Å². The molecular weight excluding hydrogens is 466 g/mol. The zero-order chi connectivity index (χ0) is 25.7. The molecule has 200 valence electrons. The summed E-state index contributed by atoms with van der Waals surface area (Å²) in [6, 6.07) is 3.40. The largest absolute Gasteiger partial charge is 0.492 e. The van der Waals surface area contributed by atoms with Gasteiger partial charge < -0.3 is 24.6 Å². The molecule has 5 unspecified atom stereocenters. The van der Waals surface area contributed by atoms with E-state index in [2.05, 4.69) is 23.2 Å². The fraction of sp³-hybridized carbons (Fsp3) is 0.700. The number of carbonyl (C=O) groups excluding carboxylic acids is 3. The molecule has 2 aliphatic carbocycles. The van der Waals surface area contributed by atoms with Gasteiger partial charge in [-0.2, -0.15) is 0 Å². The minimum atomic E-state index is -0.651. The number of nitrogens with zero attached hydrogens (tertiary/aromatic N) is 2. The van der Waals surface area contributed by atoms with Gasteiger partial charge >= 0.3 is 0 Å². The smallest absolute Gasteiger partial charge is 0.255 e. The summed E-state index contributed by atoms with van der Waals surface area (Å²) < 4.78 is 6.36. The van der Waals surface area contributed by atoms with E-state index in [9.17, 15) is 14.4 Å². The molecule has 3 heterocycles. The third-order valence-electron chi connectivity index (χ3n) is 10.3. The first-order valence-corrected chi connectivity index (χ1v) is 14.4. The van der Waals surface area contributed by atoms with Gasteiger partial charge in [-0.25, -0.2) is 0 Å². The molecule has 0 aromatic heterocycles. The molecule has 3 fully saturated rings. The van der Waals surface area contributed by atoms with E-state index in [0.717, 1.165) is 67.2 Å². The summed E-state index contributed by atoms with van der Waals surface area (Å²) in [6.45, 7) is 6.96. The zero-order valence-corrected chi connectivity index (χ0v) is 22.3. The fourth-order valence-corrected chi connectivity index (χ4v) is 8.46. The quantitative estimate of drug-likeness (QED) is 0.572. The van der Waals surface area contributed by atoms with E-state index in [4.69, 9.17) is 4.74 Å². The fourth-order valence-electron chi connectivity index (χ4n) is 8.46. The SMILES string of the molecule is CNC(=O)C(CCC=O)N1Cc2c(ccc3c2OCC32CCN(CC3CC4CC(C)CC3C4)CC2)C1=O. The molecule has 1 spiro atoms. The van der Waals surface area contributed by atoms with Crippen LogP contribution in [0.4, 0.5) is 0 Å². The molecule has 2 saturated carbocycles. The summed E-state index contributed by atoms with van der Waals surface area (Å²) in [7, 11) is 1.57. The first-order valence-electron chi connectivity index (χ1n) is 14.4. The van der Waals surface area contributed by atoms with Crippen LogP contribution in [-0.2, 0) is 21.5 Å². The van der Waals surface area contributed by atoms with Gasteiger partial charge in [-0.05, 0) is 87.8 Å². The van der Waals surface area contributed by atoms with E-state index in [1.807, 2.05) is 6.07 Å². The van der Waals surface area contributed by atoms with Crippen LogP contribution in [-0.4, -0.2) is 67.2 Å². The van der Waals surface area contributed by atoms with Crippen LogP contribution in [0.25, 0.3) is 0 Å². The minimum Gasteiger partial charge on any atom is -0.492 e. The highest BCUT2D eigenvalue weighted by Gasteiger charge is 2.48. The Kier molecular flexibility index (Phi) is 6.54. The van der Waals surface area contributed by atoms with E-state index < -0.39 is 6.04 Å². The van der Waals surface area contributed by atoms with Crippen LogP contribution in [0, 0.1) is 23.7 Å². The van der Waals surface area contributed by atoms with Gasteiger partial charge in [0.2, 0.25) is 5.91 Å². The third kappa shape index (κ3) is 4.27. The number of hydrogen-bond acceptors (Lipinski definition) is 5. The lowest BCUT2D eigenvalue weighted by Gasteiger charge is -2.40. The van der Waals surface area contributed by atoms with Gasteiger partial charge in [-0.3, -0.25) is 9.59 Å². The second kappa shape index (κ2) is 9.72. The Balaban J connectivity index is 1.15. The molecule has 7 heteroatoms. The molecule has 37 heavy (non-hydrogen) atoms. The molecule has 1 saturated heterocycles. The molecule has 1 aromatic rings. The summed E-state index contributed by atoms with van der Waals surface area (Å²) >= 11 is 0. The second-order valence-electron chi connectivity index (χ2n) is 12.6. The van der Waals surface area contributed by atoms with Crippen LogP contribution in [0.2, 0.25) is 0 Å². The van der Waals surface area contributed by atoms with Crippen molar-refractivity contribution >= 4 is 18.1 Å². The first kappa shape index (κ1) is 24.9. The van der Waals surface area contributed by atoms with Crippen molar-refractivity contribution in [3.63, 3.8) is 0 Å². The van der Waals surface area contributed by atoms with E-state index in [-0.39, 0.29) is 23.7 Å². The Hall–Kier alpha value is -2.41. The molecule has 7 nitrogen and oxygen atoms in total. The molecule has 1 N–H and O–H groups in total. The standard InChI is InChI=1S/C30H41N3O4/c1-19-12-20-14-21(13-19)22(15-20)16-32-9-7-30(8-10-32)18-37-27-24-17-33(26(4-3-11-34)28(35)31-2)29(36)23(24)5-6-25(27)30/h5-6,11,19-22,26H,3-4,7-10,12-18H2,1-2H3,(H,31,35). The highest BCUT2D eigenvalue weighted by Crippen LogP contribution is 2.51. The number of rotatable bonds is 7. The third-order valence-corrected chi connectivity index (χ3v) is 10.3. The van der Waals surface area contributed by atoms with Gasteiger partial charge in [0.25, 0.3) is 5.91 Å². The molecule has 0 radical (unpaired) electrons. The lowest BCUT2D eigenvalue weighted by molar-refractivity contribution is -0.125. The lowest BCUT2D eigenvalue weighted by atomic mass is 9.73. The molecular formula is C30H41N3O4. The number of amides is 2. The Morgan fingerprint density at radius 3 is 2.78 bits per heavy atom. The van der Waals surface area contributed by atoms with Crippen molar-refractivity contribution in [3.05, 3.63) is 28.8 Å². The van der Waals surface area contributed by atoms with Crippen LogP contribution < -0.4 is 10.1 Å². The molecule has 5 aliphatic rings. The highest BCUT2D eigenvalue weighted by molar-refractivity contribution is 6.02. The maximum atomic E-state index is 13.3. The molecule has 5 atom stereocenters.